The van der Waals surface area contributed by atoms with E-state index in [9.17, 15) is 86.9 Å². The zero-order valence-corrected chi connectivity index (χ0v) is 50.9. The summed E-state index contributed by atoms with van der Waals surface area (Å²) >= 11 is 2.19. The zero-order chi connectivity index (χ0) is 65.1. The van der Waals surface area contributed by atoms with Gasteiger partial charge < -0.3 is 79.4 Å². The Labute approximate surface area is 509 Å². The van der Waals surface area contributed by atoms with Gasteiger partial charge in [0.15, 0.2) is 0 Å². The number of hydrogen-bond acceptors (Lipinski definition) is 18. The molecule has 1 aliphatic rings. The lowest BCUT2D eigenvalue weighted by atomic mass is 10.00. The molecule has 87 heavy (non-hydrogen) atoms. The molecule has 18 N–H and O–H groups in total. The molecule has 3 rings (SSSR count). The molecule has 0 saturated carbocycles. The van der Waals surface area contributed by atoms with Crippen LogP contribution in [-0.2, 0) is 79.7 Å². The Bertz CT molecular complexity index is 2830. The van der Waals surface area contributed by atoms with Gasteiger partial charge in [0.1, 0.15) is 59.8 Å². The molecular weight excluding hydrogens is 1200 g/mol. The Balaban J connectivity index is 2.10. The highest BCUT2D eigenvalue weighted by atomic mass is 32.2. The SMILES string of the molecule is CSCC[C@@H]1NC(=O)CNC(=O)[C@H](C(C)C)NC(=O)[C@H](CC(N)=O)NC(=O)[C@H](CCC(=O)O)NC(=O)[C@H](Cc2ccc(OP(=O)(O)O)cc2)NC(=O)[C@H](CC(C)C)NC(=O)CCNC(=O)CSC[C@@H](C(N)=O)NC(=O)[C@H](Cc2ccc(O)cc2)NC1=O. The number of nitrogens with two attached hydrogens (primary N) is 2. The smallest absolute Gasteiger partial charge is 0.508 e. The van der Waals surface area contributed by atoms with Gasteiger partial charge in [0.2, 0.25) is 70.9 Å². The molecule has 0 aliphatic carbocycles. The summed E-state index contributed by atoms with van der Waals surface area (Å²) in [4.78, 5) is 194. The molecule has 0 radical (unpaired) electrons. The highest BCUT2D eigenvalue weighted by Crippen LogP contribution is 2.37. The maximum Gasteiger partial charge on any atom is 0.524 e. The van der Waals surface area contributed by atoms with Crippen molar-refractivity contribution in [1.29, 1.82) is 0 Å². The average Bonchev–Trinajstić information content (AvgIpc) is 3.65. The van der Waals surface area contributed by atoms with E-state index in [1.807, 2.05) is 0 Å². The molecule has 31 nitrogen and oxygen atoms in total. The first-order valence-electron chi connectivity index (χ1n) is 27.3. The van der Waals surface area contributed by atoms with Crippen molar-refractivity contribution in [3.8, 4) is 11.5 Å². The topological polar surface area (TPSA) is 501 Å². The molecular formula is C53H77N12O19PS2. The number of carboxylic acids is 1. The number of aromatic hydroxyl groups is 1. The molecule has 1 aliphatic heterocycles. The number of phenols is 1. The van der Waals surface area contributed by atoms with Crippen LogP contribution >= 0.6 is 31.3 Å². The molecule has 12 amide bonds. The lowest BCUT2D eigenvalue weighted by molar-refractivity contribution is -0.139. The minimum Gasteiger partial charge on any atom is -0.508 e. The number of thioether (sulfide) groups is 2. The number of primary amides is 2. The van der Waals surface area contributed by atoms with Crippen molar-refractivity contribution in [1.82, 2.24) is 53.2 Å². The van der Waals surface area contributed by atoms with Crippen LogP contribution in [0.5, 0.6) is 11.5 Å². The Kier molecular flexibility index (Phi) is 30.5. The number of phosphoric ester groups is 1. The fourth-order valence-corrected chi connectivity index (χ4v) is 10.0. The van der Waals surface area contributed by atoms with Crippen molar-refractivity contribution in [3.05, 3.63) is 59.7 Å². The number of benzene rings is 2. The molecule has 1 heterocycles. The zero-order valence-electron chi connectivity index (χ0n) is 48.4. The lowest BCUT2D eigenvalue weighted by Gasteiger charge is -2.28. The summed E-state index contributed by atoms with van der Waals surface area (Å²) < 4.78 is 16.1. The highest BCUT2D eigenvalue weighted by molar-refractivity contribution is 8.00. The van der Waals surface area contributed by atoms with Crippen molar-refractivity contribution in [2.75, 3.05) is 36.6 Å². The van der Waals surface area contributed by atoms with Crippen molar-refractivity contribution in [3.63, 3.8) is 0 Å². The number of amides is 12. The fraction of sp³-hybridized carbons (Fsp3) is 0.528. The van der Waals surface area contributed by atoms with Crippen molar-refractivity contribution >= 4 is 108 Å². The number of hydrogen-bond donors (Lipinski definition) is 16. The van der Waals surface area contributed by atoms with Gasteiger partial charge in [-0.2, -0.15) is 11.8 Å². The third kappa shape index (κ3) is 27.9. The number of rotatable bonds is 18. The van der Waals surface area contributed by atoms with E-state index in [1.165, 1.54) is 62.0 Å². The second kappa shape index (κ2) is 36.2. The number of nitrogens with one attached hydrogen (secondary N) is 10. The van der Waals surface area contributed by atoms with Gasteiger partial charge in [0, 0.05) is 38.0 Å². The predicted octanol–water partition coefficient (Wildman–Crippen LogP) is -3.42. The summed E-state index contributed by atoms with van der Waals surface area (Å²) in [5.41, 5.74) is 11.8. The average molecular weight is 1280 g/mol. The van der Waals surface area contributed by atoms with E-state index in [1.54, 1.807) is 20.1 Å². The van der Waals surface area contributed by atoms with E-state index in [0.29, 0.717) is 11.3 Å². The quantitative estimate of drug-likeness (QED) is 0.0646. The summed E-state index contributed by atoms with van der Waals surface area (Å²) in [6.07, 6.45) is -1.66. The van der Waals surface area contributed by atoms with E-state index in [2.05, 4.69) is 57.7 Å². The molecule has 34 heteroatoms. The third-order valence-electron chi connectivity index (χ3n) is 12.7. The Morgan fingerprint density at radius 1 is 0.644 bits per heavy atom. The number of aliphatic carboxylic acids is 1. The molecule has 0 bridgehead atoms. The second-order valence-electron chi connectivity index (χ2n) is 20.8. The van der Waals surface area contributed by atoms with E-state index in [-0.39, 0.29) is 66.7 Å². The molecule has 480 valence electrons. The fourth-order valence-electron chi connectivity index (χ4n) is 8.27. The first kappa shape index (κ1) is 73.3. The molecule has 1 fully saturated rings. The predicted molar refractivity (Wildman–Crippen MR) is 315 cm³/mol. The van der Waals surface area contributed by atoms with Crippen LogP contribution in [0.1, 0.15) is 77.3 Å². The second-order valence-corrected chi connectivity index (χ2v) is 24.0. The van der Waals surface area contributed by atoms with Gasteiger partial charge >= 0.3 is 13.8 Å². The van der Waals surface area contributed by atoms with Gasteiger partial charge in [-0.15, -0.1) is 11.8 Å². The standard InChI is InChI=1S/C53H77N12O19PS2/c1-27(2)20-35-49(76)62-36(22-30-8-12-32(13-9-30)84-85(81,82)83)50(77)60-33(14-15-44(71)72)47(74)63-38(23-40(54)67)52(79)65-45(28(3)4)53(80)57-24-42(69)58-34(17-19-86-5)48(75)61-37(21-29-6-10-31(66)11-7-29)51(78)64-39(46(55)73)25-87-26-43(70)56-18-16-41(68)59-35/h6-13,27-28,33-39,45,66H,14-26H2,1-5H3,(H2,54,67)(H2,55,73)(H,56,70)(H,57,80)(H,58,69)(H,59,68)(H,60,77)(H,61,75)(H,62,76)(H,63,74)(H,64,78)(H,65,79)(H,71,72)(H2,81,82,83)/t33-,34-,35-,36-,37-,38-,39-,45-/m0/s1. The Morgan fingerprint density at radius 2 is 1.15 bits per heavy atom. The largest absolute Gasteiger partial charge is 0.524 e. The van der Waals surface area contributed by atoms with Crippen LogP contribution in [0, 0.1) is 11.8 Å². The monoisotopic (exact) mass is 1280 g/mol. The summed E-state index contributed by atoms with van der Waals surface area (Å²) in [5.74, 6) is -14.8. The molecule has 0 spiro atoms. The van der Waals surface area contributed by atoms with E-state index >= 15 is 0 Å². The summed E-state index contributed by atoms with van der Waals surface area (Å²) in [6, 6.07) is -1.97. The number of phosphoric acid groups is 1. The number of phenolic OH excluding ortho intramolecular Hbond substituents is 1. The van der Waals surface area contributed by atoms with Crippen LogP contribution in [0.25, 0.3) is 0 Å². The molecule has 8 atom stereocenters. The normalized spacial score (nSPS) is 22.9. The van der Waals surface area contributed by atoms with Crippen LogP contribution < -0.4 is 69.2 Å². The van der Waals surface area contributed by atoms with Crippen LogP contribution in [0.2, 0.25) is 0 Å². The maximum absolute atomic E-state index is 14.4. The summed E-state index contributed by atoms with van der Waals surface area (Å²) in [7, 11) is -5.01. The molecule has 0 aromatic heterocycles. The number of carbonyl (C=O) groups excluding carboxylic acids is 12. The van der Waals surface area contributed by atoms with Crippen molar-refractivity contribution in [2.45, 2.75) is 127 Å². The molecule has 1 saturated heterocycles. The van der Waals surface area contributed by atoms with E-state index < -0.39 is 171 Å². The molecule has 2 aromatic rings. The molecule has 0 unspecified atom stereocenters. The summed E-state index contributed by atoms with van der Waals surface area (Å²) in [6.45, 7) is 5.38. The van der Waals surface area contributed by atoms with Gasteiger partial charge in [-0.05, 0) is 78.5 Å². The number of carboxylic acid groups (broad SMARTS) is 1. The minimum absolute atomic E-state index is 0.00177. The third-order valence-corrected chi connectivity index (χ3v) is 14.8. The van der Waals surface area contributed by atoms with Crippen LogP contribution in [0.3, 0.4) is 0 Å². The van der Waals surface area contributed by atoms with Gasteiger partial charge in [0.05, 0.1) is 18.7 Å². The lowest BCUT2D eigenvalue weighted by Crippen LogP contribution is -2.60. The van der Waals surface area contributed by atoms with Crippen molar-refractivity contribution < 1.29 is 91.4 Å². The van der Waals surface area contributed by atoms with E-state index in [0.717, 1.165) is 23.9 Å². The van der Waals surface area contributed by atoms with Gasteiger partial charge in [-0.25, -0.2) is 4.57 Å². The number of carbonyl (C=O) groups is 13. The van der Waals surface area contributed by atoms with Gasteiger partial charge in [-0.1, -0.05) is 52.0 Å². The van der Waals surface area contributed by atoms with Gasteiger partial charge in [0.25, 0.3) is 0 Å². The first-order valence-corrected chi connectivity index (χ1v) is 31.4. The minimum atomic E-state index is -5.01. The first-order chi connectivity index (χ1) is 40.8. The Morgan fingerprint density at radius 3 is 1.68 bits per heavy atom. The van der Waals surface area contributed by atoms with Gasteiger partial charge in [-0.3, -0.25) is 72.1 Å². The highest BCUT2D eigenvalue weighted by Gasteiger charge is 2.36. The van der Waals surface area contributed by atoms with E-state index in [4.69, 9.17) is 11.5 Å². The maximum atomic E-state index is 14.4. The van der Waals surface area contributed by atoms with Crippen LogP contribution in [0.15, 0.2) is 48.5 Å². The van der Waals surface area contributed by atoms with Crippen molar-refractivity contribution in [2.24, 2.45) is 23.3 Å². The summed E-state index contributed by atoms with van der Waals surface area (Å²) in [5, 5.41) is 44.2. The molecule has 2 aromatic carbocycles. The Hall–Kier alpha value is -8.00. The van der Waals surface area contributed by atoms with Crippen LogP contribution in [0.4, 0.5) is 0 Å². The van der Waals surface area contributed by atoms with Crippen LogP contribution in [-0.4, -0.2) is 182 Å².